The number of hydrogen-bond acceptors (Lipinski definition) is 4. The van der Waals surface area contributed by atoms with Crippen LogP contribution in [0.5, 0.6) is 0 Å². The number of rotatable bonds is 5. The van der Waals surface area contributed by atoms with E-state index in [1.54, 1.807) is 0 Å². The van der Waals surface area contributed by atoms with E-state index in [0.29, 0.717) is 31.5 Å². The lowest BCUT2D eigenvalue weighted by Crippen LogP contribution is -2.62. The Bertz CT molecular complexity index is 985. The Labute approximate surface area is 199 Å². The van der Waals surface area contributed by atoms with Crippen molar-refractivity contribution in [1.29, 1.82) is 0 Å². The maximum atomic E-state index is 13.3. The van der Waals surface area contributed by atoms with Gasteiger partial charge in [-0.2, -0.15) is 26.3 Å². The molecule has 192 valence electrons. The van der Waals surface area contributed by atoms with E-state index in [1.165, 1.54) is 6.92 Å². The highest BCUT2D eigenvalue weighted by Crippen LogP contribution is 2.41. The maximum Gasteiger partial charge on any atom is 0.416 e. The van der Waals surface area contributed by atoms with E-state index in [1.807, 2.05) is 30.3 Å². The minimum Gasteiger partial charge on any atom is -0.379 e. The largest absolute Gasteiger partial charge is 0.416 e. The van der Waals surface area contributed by atoms with Crippen LogP contribution in [-0.2, 0) is 22.6 Å². The van der Waals surface area contributed by atoms with Crippen LogP contribution in [0.1, 0.15) is 61.0 Å². The quantitative estimate of drug-likeness (QED) is 0.472. The van der Waals surface area contributed by atoms with Gasteiger partial charge in [0.2, 0.25) is 0 Å². The number of piperidine rings is 1. The van der Waals surface area contributed by atoms with E-state index < -0.39 is 41.4 Å². The van der Waals surface area contributed by atoms with Gasteiger partial charge in [-0.05, 0) is 61.9 Å². The van der Waals surface area contributed by atoms with Gasteiger partial charge in [0.25, 0.3) is 0 Å². The van der Waals surface area contributed by atoms with Crippen molar-refractivity contribution in [2.24, 2.45) is 0 Å². The Hall–Kier alpha value is -2.14. The molecule has 10 heteroatoms. The first-order valence-electron chi connectivity index (χ1n) is 11.5. The van der Waals surface area contributed by atoms with E-state index in [4.69, 9.17) is 4.74 Å². The van der Waals surface area contributed by atoms with E-state index in [2.05, 4.69) is 10.6 Å². The first-order valence-corrected chi connectivity index (χ1v) is 11.5. The lowest BCUT2D eigenvalue weighted by atomic mass is 9.76. The average molecular weight is 502 g/mol. The van der Waals surface area contributed by atoms with Crippen molar-refractivity contribution < 1.29 is 36.2 Å². The summed E-state index contributed by atoms with van der Waals surface area (Å²) in [4.78, 5) is 0. The summed E-state index contributed by atoms with van der Waals surface area (Å²) in [6, 6.07) is 11.0. The highest BCUT2D eigenvalue weighted by molar-refractivity contribution is 5.35. The Kier molecular flexibility index (Phi) is 6.95. The van der Waals surface area contributed by atoms with Gasteiger partial charge < -0.3 is 15.2 Å². The summed E-state index contributed by atoms with van der Waals surface area (Å²) in [5.74, 6) is 0. The van der Waals surface area contributed by atoms with Crippen LogP contribution in [0.25, 0.3) is 0 Å². The second kappa shape index (κ2) is 9.38. The molecule has 1 spiro atoms. The van der Waals surface area contributed by atoms with E-state index in [-0.39, 0.29) is 23.8 Å². The topological polar surface area (TPSA) is 53.5 Å². The van der Waals surface area contributed by atoms with Crippen LogP contribution < -0.4 is 10.6 Å². The zero-order chi connectivity index (χ0) is 25.5. The Morgan fingerprint density at radius 2 is 1.60 bits per heavy atom. The summed E-state index contributed by atoms with van der Waals surface area (Å²) in [5, 5.41) is 16.7. The van der Waals surface area contributed by atoms with Gasteiger partial charge in [0.15, 0.2) is 0 Å². The number of benzene rings is 2. The molecule has 2 heterocycles. The molecular formula is C25H28F6N2O2. The molecule has 2 fully saturated rings. The second-order valence-corrected chi connectivity index (χ2v) is 9.57. The van der Waals surface area contributed by atoms with E-state index >= 15 is 0 Å². The summed E-state index contributed by atoms with van der Waals surface area (Å²) in [5.41, 5.74) is -2.93. The fourth-order valence-electron chi connectivity index (χ4n) is 5.00. The number of ether oxygens (including phenoxy) is 1. The number of alkyl halides is 6. The van der Waals surface area contributed by atoms with Gasteiger partial charge in [0.1, 0.15) is 6.23 Å². The zero-order valence-corrected chi connectivity index (χ0v) is 19.1. The molecule has 0 bridgehead atoms. The predicted molar refractivity (Wildman–Crippen MR) is 117 cm³/mol. The van der Waals surface area contributed by atoms with Gasteiger partial charge in [-0.15, -0.1) is 0 Å². The molecule has 2 aliphatic heterocycles. The SMILES string of the molecule is C[C@@H](OC[C@@]1(c2ccccc2)CC[C@@]2(CCC(O)N2)CN1)c1cc(C(F)(F)F)cc(C(F)(F)F)c1. The van der Waals surface area contributed by atoms with Gasteiger partial charge in [0, 0.05) is 12.1 Å². The normalized spacial score (nSPS) is 28.4. The van der Waals surface area contributed by atoms with Crippen molar-refractivity contribution in [3.05, 3.63) is 70.8 Å². The molecule has 2 saturated heterocycles. The second-order valence-electron chi connectivity index (χ2n) is 9.57. The van der Waals surface area contributed by atoms with Crippen molar-refractivity contribution in [2.45, 2.75) is 68.4 Å². The minimum atomic E-state index is -4.92. The molecule has 4 nitrogen and oxygen atoms in total. The Morgan fingerprint density at radius 3 is 2.09 bits per heavy atom. The third-order valence-electron chi connectivity index (χ3n) is 7.15. The predicted octanol–water partition coefficient (Wildman–Crippen LogP) is 5.52. The number of aliphatic hydroxyl groups is 1. The molecule has 0 saturated carbocycles. The molecule has 35 heavy (non-hydrogen) atoms. The summed E-state index contributed by atoms with van der Waals surface area (Å²) in [6.07, 6.45) is -8.63. The maximum absolute atomic E-state index is 13.3. The molecular weight excluding hydrogens is 474 g/mol. The van der Waals surface area contributed by atoms with E-state index in [9.17, 15) is 31.4 Å². The van der Waals surface area contributed by atoms with Crippen molar-refractivity contribution in [2.75, 3.05) is 13.2 Å². The van der Waals surface area contributed by atoms with Crippen LogP contribution in [0, 0.1) is 0 Å². The Morgan fingerprint density at radius 1 is 0.971 bits per heavy atom. The van der Waals surface area contributed by atoms with Gasteiger partial charge in [-0.25, -0.2) is 0 Å². The fourth-order valence-corrected chi connectivity index (χ4v) is 5.00. The van der Waals surface area contributed by atoms with Crippen molar-refractivity contribution >= 4 is 0 Å². The molecule has 0 aromatic heterocycles. The molecule has 3 N–H and O–H groups in total. The molecule has 4 rings (SSSR count). The van der Waals surface area contributed by atoms with Gasteiger partial charge in [0.05, 0.1) is 29.4 Å². The van der Waals surface area contributed by atoms with Crippen LogP contribution in [0.3, 0.4) is 0 Å². The summed E-state index contributed by atoms with van der Waals surface area (Å²) < 4.78 is 85.7. The van der Waals surface area contributed by atoms with Gasteiger partial charge in [-0.3, -0.25) is 5.32 Å². The smallest absolute Gasteiger partial charge is 0.379 e. The highest BCUT2D eigenvalue weighted by atomic mass is 19.4. The van der Waals surface area contributed by atoms with Crippen molar-refractivity contribution in [1.82, 2.24) is 10.6 Å². The van der Waals surface area contributed by atoms with Gasteiger partial charge in [-0.1, -0.05) is 30.3 Å². The van der Waals surface area contributed by atoms with E-state index in [0.717, 1.165) is 18.4 Å². The first kappa shape index (κ1) is 25.9. The molecule has 1 unspecified atom stereocenters. The lowest BCUT2D eigenvalue weighted by Gasteiger charge is -2.46. The third kappa shape index (κ3) is 5.66. The third-order valence-corrected chi connectivity index (χ3v) is 7.15. The zero-order valence-electron chi connectivity index (χ0n) is 19.1. The summed E-state index contributed by atoms with van der Waals surface area (Å²) >= 11 is 0. The first-order chi connectivity index (χ1) is 16.3. The Balaban J connectivity index is 1.57. The summed E-state index contributed by atoms with van der Waals surface area (Å²) in [7, 11) is 0. The standard InChI is InChI=1S/C25H28F6N2O2/c1-16(17-11-19(24(26,27)28)13-20(12-17)25(29,30)31)35-15-23(18-5-3-2-4-6-18)10-9-22(14-32-23)8-7-21(34)33-22/h2-6,11-13,16,21,32-34H,7-10,14-15H2,1H3/t16-,21?,22+,23-/m1/s1. The molecule has 2 aromatic rings. The van der Waals surface area contributed by atoms with Crippen LogP contribution in [0.4, 0.5) is 26.3 Å². The number of aliphatic hydroxyl groups excluding tert-OH is 1. The molecule has 2 aliphatic rings. The number of halogens is 6. The van der Waals surface area contributed by atoms with Crippen LogP contribution >= 0.6 is 0 Å². The highest BCUT2D eigenvalue weighted by Gasteiger charge is 2.47. The van der Waals surface area contributed by atoms with Crippen LogP contribution in [0.15, 0.2) is 48.5 Å². The number of nitrogens with one attached hydrogen (secondary N) is 2. The molecule has 2 aromatic carbocycles. The monoisotopic (exact) mass is 502 g/mol. The molecule has 0 radical (unpaired) electrons. The van der Waals surface area contributed by atoms with Crippen molar-refractivity contribution in [3.63, 3.8) is 0 Å². The average Bonchev–Trinajstić information content (AvgIpc) is 3.18. The molecule has 4 atom stereocenters. The number of hydrogen-bond donors (Lipinski definition) is 3. The minimum absolute atomic E-state index is 0.0500. The molecule has 0 amide bonds. The van der Waals surface area contributed by atoms with Crippen molar-refractivity contribution in [3.8, 4) is 0 Å². The molecule has 0 aliphatic carbocycles. The van der Waals surface area contributed by atoms with Gasteiger partial charge >= 0.3 is 12.4 Å². The summed E-state index contributed by atoms with van der Waals surface area (Å²) in [6.45, 7) is 2.04. The fraction of sp³-hybridized carbons (Fsp3) is 0.520. The lowest BCUT2D eigenvalue weighted by molar-refractivity contribution is -0.143. The van der Waals surface area contributed by atoms with Crippen LogP contribution in [0.2, 0.25) is 0 Å². The van der Waals surface area contributed by atoms with Crippen LogP contribution in [-0.4, -0.2) is 30.0 Å².